The van der Waals surface area contributed by atoms with Gasteiger partial charge in [0, 0.05) is 13.0 Å². The number of ether oxygens (including phenoxy) is 3. The largest absolute Gasteiger partial charge is 0.493 e. The Kier molecular flexibility index (Phi) is 5.95. The fourth-order valence-electron chi connectivity index (χ4n) is 2.39. The third-order valence-corrected chi connectivity index (χ3v) is 3.71. The summed E-state index contributed by atoms with van der Waals surface area (Å²) in [5.74, 6) is 1.27. The lowest BCUT2D eigenvalue weighted by molar-refractivity contribution is 0.0899. The van der Waals surface area contributed by atoms with E-state index in [-0.39, 0.29) is 0 Å². The molecule has 4 nitrogen and oxygen atoms in total. The zero-order chi connectivity index (χ0) is 14.4. The second-order valence-electron chi connectivity index (χ2n) is 4.92. The molecule has 0 aliphatic carbocycles. The Morgan fingerprint density at radius 3 is 2.95 bits per heavy atom. The smallest absolute Gasteiger partial charge is 0.179 e. The molecule has 0 bridgehead atoms. The minimum absolute atomic E-state index is 0.316. The third kappa shape index (κ3) is 4.01. The molecule has 0 saturated carbocycles. The van der Waals surface area contributed by atoms with E-state index in [1.165, 1.54) is 0 Å². The van der Waals surface area contributed by atoms with Crippen LogP contribution in [-0.2, 0) is 11.2 Å². The quantitative estimate of drug-likeness (QED) is 0.841. The number of benzene rings is 1. The van der Waals surface area contributed by atoms with Gasteiger partial charge in [0.2, 0.25) is 0 Å². The summed E-state index contributed by atoms with van der Waals surface area (Å²) in [7, 11) is 1.62. The van der Waals surface area contributed by atoms with E-state index >= 15 is 0 Å². The molecule has 1 saturated heterocycles. The molecule has 2 N–H and O–H groups in total. The molecule has 0 radical (unpaired) electrons. The van der Waals surface area contributed by atoms with E-state index in [0.29, 0.717) is 35.8 Å². The normalized spacial score (nSPS) is 18.2. The van der Waals surface area contributed by atoms with Gasteiger partial charge < -0.3 is 19.9 Å². The molecule has 1 atom stereocenters. The van der Waals surface area contributed by atoms with Crippen molar-refractivity contribution in [3.63, 3.8) is 0 Å². The van der Waals surface area contributed by atoms with E-state index in [9.17, 15) is 0 Å². The Balaban J connectivity index is 1.98. The van der Waals surface area contributed by atoms with Crippen LogP contribution in [0.4, 0.5) is 0 Å². The molecule has 1 aliphatic rings. The summed E-state index contributed by atoms with van der Waals surface area (Å²) in [6.07, 6.45) is 4.22. The maximum Gasteiger partial charge on any atom is 0.179 e. The van der Waals surface area contributed by atoms with E-state index in [1.54, 1.807) is 7.11 Å². The molecule has 1 aromatic carbocycles. The predicted molar refractivity (Wildman–Crippen MR) is 79.8 cm³/mol. The third-order valence-electron chi connectivity index (χ3n) is 3.43. The van der Waals surface area contributed by atoms with Crippen LogP contribution in [-0.4, -0.2) is 33.0 Å². The summed E-state index contributed by atoms with van der Waals surface area (Å²) in [5.41, 5.74) is 6.62. The second kappa shape index (κ2) is 7.72. The van der Waals surface area contributed by atoms with Gasteiger partial charge >= 0.3 is 0 Å². The number of halogens is 1. The van der Waals surface area contributed by atoms with E-state index in [0.717, 1.165) is 37.9 Å². The highest BCUT2D eigenvalue weighted by molar-refractivity contribution is 6.32. The van der Waals surface area contributed by atoms with Gasteiger partial charge in [0.1, 0.15) is 0 Å². The summed E-state index contributed by atoms with van der Waals surface area (Å²) in [6, 6.07) is 3.82. The molecular weight excluding hydrogens is 278 g/mol. The molecule has 0 spiro atoms. The van der Waals surface area contributed by atoms with Gasteiger partial charge in [-0.1, -0.05) is 11.6 Å². The van der Waals surface area contributed by atoms with E-state index in [1.807, 2.05) is 12.1 Å². The predicted octanol–water partition coefficient (Wildman–Crippen LogP) is 2.80. The molecule has 5 heteroatoms. The van der Waals surface area contributed by atoms with Crippen molar-refractivity contribution < 1.29 is 14.2 Å². The zero-order valence-corrected chi connectivity index (χ0v) is 12.6. The van der Waals surface area contributed by atoms with Crippen LogP contribution < -0.4 is 15.2 Å². The Bertz CT molecular complexity index is 433. The average molecular weight is 300 g/mol. The molecule has 1 aliphatic heterocycles. The monoisotopic (exact) mass is 299 g/mol. The summed E-state index contributed by atoms with van der Waals surface area (Å²) < 4.78 is 16.7. The highest BCUT2D eigenvalue weighted by Crippen LogP contribution is 2.36. The highest BCUT2D eigenvalue weighted by Gasteiger charge is 2.17. The fraction of sp³-hybridized carbons (Fsp3) is 0.600. The van der Waals surface area contributed by atoms with Gasteiger partial charge in [0.25, 0.3) is 0 Å². The van der Waals surface area contributed by atoms with Gasteiger partial charge in [-0.25, -0.2) is 0 Å². The van der Waals surface area contributed by atoms with Crippen LogP contribution >= 0.6 is 11.6 Å². The summed E-state index contributed by atoms with van der Waals surface area (Å²) in [4.78, 5) is 0. The fourth-order valence-corrected chi connectivity index (χ4v) is 2.68. The number of rotatable bonds is 7. The zero-order valence-electron chi connectivity index (χ0n) is 11.9. The maximum atomic E-state index is 6.27. The number of methoxy groups -OCH3 is 1. The molecule has 2 rings (SSSR count). The van der Waals surface area contributed by atoms with Gasteiger partial charge in [-0.15, -0.1) is 0 Å². The number of nitrogens with two attached hydrogens (primary N) is 1. The van der Waals surface area contributed by atoms with Crippen LogP contribution in [0.15, 0.2) is 12.1 Å². The minimum atomic E-state index is 0.316. The summed E-state index contributed by atoms with van der Waals surface area (Å²) in [5, 5.41) is 0.570. The second-order valence-corrected chi connectivity index (χ2v) is 5.33. The Labute approximate surface area is 125 Å². The van der Waals surface area contributed by atoms with Crippen LogP contribution in [0.1, 0.15) is 24.8 Å². The van der Waals surface area contributed by atoms with Crippen molar-refractivity contribution in [1.29, 1.82) is 0 Å². The maximum absolute atomic E-state index is 6.27. The first kappa shape index (κ1) is 15.4. The van der Waals surface area contributed by atoms with Crippen molar-refractivity contribution >= 4 is 11.6 Å². The van der Waals surface area contributed by atoms with Crippen molar-refractivity contribution in [2.75, 3.05) is 26.9 Å². The lowest BCUT2D eigenvalue weighted by Gasteiger charge is -2.15. The standard InChI is InChI=1S/C15H22ClNO3/c1-18-14-10-11(4-6-17)9-13(16)15(14)20-8-5-12-3-2-7-19-12/h9-10,12H,2-8,17H2,1H3. The summed E-state index contributed by atoms with van der Waals surface area (Å²) in [6.45, 7) is 2.03. The molecular formula is C15H22ClNO3. The Morgan fingerprint density at radius 2 is 2.30 bits per heavy atom. The van der Waals surface area contributed by atoms with Crippen LogP contribution in [0.3, 0.4) is 0 Å². The first-order valence-electron chi connectivity index (χ1n) is 7.05. The van der Waals surface area contributed by atoms with Crippen molar-refractivity contribution in [1.82, 2.24) is 0 Å². The van der Waals surface area contributed by atoms with Gasteiger partial charge in [0.15, 0.2) is 11.5 Å². The molecule has 1 unspecified atom stereocenters. The van der Waals surface area contributed by atoms with Gasteiger partial charge in [-0.05, 0) is 43.5 Å². The molecule has 1 fully saturated rings. The lowest BCUT2D eigenvalue weighted by atomic mass is 10.1. The van der Waals surface area contributed by atoms with Gasteiger partial charge in [0.05, 0.1) is 24.8 Å². The molecule has 1 aromatic rings. The Morgan fingerprint density at radius 1 is 1.45 bits per heavy atom. The summed E-state index contributed by atoms with van der Waals surface area (Å²) >= 11 is 6.27. The van der Waals surface area contributed by atoms with Crippen LogP contribution in [0.25, 0.3) is 0 Å². The Hall–Kier alpha value is -0.970. The number of hydrogen-bond acceptors (Lipinski definition) is 4. The molecule has 1 heterocycles. The van der Waals surface area contributed by atoms with Crippen molar-refractivity contribution in [3.8, 4) is 11.5 Å². The van der Waals surface area contributed by atoms with Gasteiger partial charge in [-0.3, -0.25) is 0 Å². The highest BCUT2D eigenvalue weighted by atomic mass is 35.5. The van der Waals surface area contributed by atoms with E-state index < -0.39 is 0 Å². The SMILES string of the molecule is COc1cc(CCN)cc(Cl)c1OCCC1CCCO1. The molecule has 0 aromatic heterocycles. The lowest BCUT2D eigenvalue weighted by Crippen LogP contribution is -2.11. The first-order chi connectivity index (χ1) is 9.74. The topological polar surface area (TPSA) is 53.7 Å². The number of hydrogen-bond donors (Lipinski definition) is 1. The molecule has 20 heavy (non-hydrogen) atoms. The van der Waals surface area contributed by atoms with Crippen molar-refractivity contribution in [3.05, 3.63) is 22.7 Å². The van der Waals surface area contributed by atoms with E-state index in [2.05, 4.69) is 0 Å². The van der Waals surface area contributed by atoms with Crippen molar-refractivity contribution in [2.24, 2.45) is 5.73 Å². The minimum Gasteiger partial charge on any atom is -0.493 e. The van der Waals surface area contributed by atoms with Crippen molar-refractivity contribution in [2.45, 2.75) is 31.8 Å². The van der Waals surface area contributed by atoms with Crippen LogP contribution in [0.5, 0.6) is 11.5 Å². The van der Waals surface area contributed by atoms with Crippen LogP contribution in [0.2, 0.25) is 5.02 Å². The molecule has 0 amide bonds. The average Bonchev–Trinajstić information content (AvgIpc) is 2.94. The first-order valence-corrected chi connectivity index (χ1v) is 7.43. The van der Waals surface area contributed by atoms with Gasteiger partial charge in [-0.2, -0.15) is 0 Å². The van der Waals surface area contributed by atoms with Crippen LogP contribution in [0, 0.1) is 0 Å². The molecule has 112 valence electrons. The van der Waals surface area contributed by atoms with E-state index in [4.69, 9.17) is 31.5 Å².